The molecule has 7 nitrogen and oxygen atoms in total. The van der Waals surface area contributed by atoms with E-state index in [2.05, 4.69) is 59.8 Å². The fraction of sp³-hybridized carbons (Fsp3) is 0.348. The van der Waals surface area contributed by atoms with Gasteiger partial charge in [-0.05, 0) is 75.4 Å². The highest BCUT2D eigenvalue weighted by atomic mass is 79.9. The molecular weight excluding hydrogens is 494 g/mol. The normalized spacial score (nSPS) is 10.8. The van der Waals surface area contributed by atoms with E-state index in [0.717, 1.165) is 16.5 Å². The Kier molecular flexibility index (Phi) is 9.46. The first kappa shape index (κ1) is 25.6. The maximum Gasteiger partial charge on any atom is 0.276 e. The van der Waals surface area contributed by atoms with Crippen LogP contribution in [0.15, 0.2) is 46.9 Å². The molecule has 2 aromatic carbocycles. The van der Waals surface area contributed by atoms with Crippen molar-refractivity contribution in [2.75, 3.05) is 13.2 Å². The van der Waals surface area contributed by atoms with Crippen molar-refractivity contribution < 1.29 is 19.1 Å². The Morgan fingerprint density at radius 1 is 0.969 bits per heavy atom. The number of amides is 2. The Balaban J connectivity index is 1.68. The summed E-state index contributed by atoms with van der Waals surface area (Å²) in [5.74, 6) is 0.229. The molecular formula is C23H28BrN3O4S. The zero-order valence-electron chi connectivity index (χ0n) is 18.6. The summed E-state index contributed by atoms with van der Waals surface area (Å²) in [7, 11) is 0. The monoisotopic (exact) mass is 521 g/mol. The van der Waals surface area contributed by atoms with Crippen molar-refractivity contribution in [3.63, 3.8) is 0 Å². The summed E-state index contributed by atoms with van der Waals surface area (Å²) in [6.07, 6.45) is 0.904. The molecule has 0 aromatic heterocycles. The molecule has 2 amide bonds. The maximum atomic E-state index is 12.0. The first-order valence-electron chi connectivity index (χ1n) is 10.1. The molecule has 172 valence electrons. The molecule has 0 heterocycles. The van der Waals surface area contributed by atoms with Crippen molar-refractivity contribution in [2.45, 2.75) is 39.5 Å². The van der Waals surface area contributed by atoms with Gasteiger partial charge in [-0.1, -0.05) is 45.9 Å². The van der Waals surface area contributed by atoms with E-state index in [9.17, 15) is 9.59 Å². The molecule has 0 bridgehead atoms. The predicted molar refractivity (Wildman–Crippen MR) is 132 cm³/mol. The first-order valence-corrected chi connectivity index (χ1v) is 11.3. The van der Waals surface area contributed by atoms with Crippen LogP contribution < -0.4 is 25.6 Å². The molecule has 32 heavy (non-hydrogen) atoms. The third kappa shape index (κ3) is 8.47. The highest BCUT2D eigenvalue weighted by molar-refractivity contribution is 9.10. The summed E-state index contributed by atoms with van der Waals surface area (Å²) >= 11 is 8.42. The average Bonchev–Trinajstić information content (AvgIpc) is 2.75. The van der Waals surface area contributed by atoms with Crippen LogP contribution in [-0.4, -0.2) is 30.1 Å². The van der Waals surface area contributed by atoms with Crippen LogP contribution in [0, 0.1) is 0 Å². The molecule has 0 saturated heterocycles. The lowest BCUT2D eigenvalue weighted by molar-refractivity contribution is -0.124. The number of aryl methyl sites for hydroxylation is 1. The Morgan fingerprint density at radius 2 is 1.62 bits per heavy atom. The Labute approximate surface area is 202 Å². The fourth-order valence-corrected chi connectivity index (χ4v) is 3.29. The number of benzene rings is 2. The van der Waals surface area contributed by atoms with Crippen molar-refractivity contribution in [1.82, 2.24) is 16.2 Å². The summed E-state index contributed by atoms with van der Waals surface area (Å²) in [4.78, 5) is 23.9. The van der Waals surface area contributed by atoms with Crippen LogP contribution >= 0.6 is 28.1 Å². The van der Waals surface area contributed by atoms with Gasteiger partial charge in [0.1, 0.15) is 11.5 Å². The quantitative estimate of drug-likeness (QED) is 0.379. The molecule has 0 atom stereocenters. The van der Waals surface area contributed by atoms with Crippen LogP contribution in [0.2, 0.25) is 0 Å². The van der Waals surface area contributed by atoms with Crippen LogP contribution in [0.5, 0.6) is 11.5 Å². The minimum atomic E-state index is -0.455. The van der Waals surface area contributed by atoms with Crippen LogP contribution in [0.3, 0.4) is 0 Å². The van der Waals surface area contributed by atoms with E-state index < -0.39 is 11.8 Å². The summed E-state index contributed by atoms with van der Waals surface area (Å²) in [6.45, 7) is 7.99. The van der Waals surface area contributed by atoms with Gasteiger partial charge in [0.15, 0.2) is 18.3 Å². The highest BCUT2D eigenvalue weighted by Gasteiger charge is 2.13. The Morgan fingerprint density at radius 3 is 2.22 bits per heavy atom. The number of hydrogen-bond acceptors (Lipinski definition) is 5. The number of hydrazine groups is 1. The second-order valence-corrected chi connectivity index (χ2v) is 9.28. The van der Waals surface area contributed by atoms with Crippen molar-refractivity contribution >= 4 is 45.1 Å². The average molecular weight is 522 g/mol. The third-order valence-corrected chi connectivity index (χ3v) is 5.25. The van der Waals surface area contributed by atoms with Gasteiger partial charge in [-0.2, -0.15) is 0 Å². The van der Waals surface area contributed by atoms with Gasteiger partial charge >= 0.3 is 0 Å². The van der Waals surface area contributed by atoms with E-state index in [-0.39, 0.29) is 23.7 Å². The summed E-state index contributed by atoms with van der Waals surface area (Å²) in [6, 6.07) is 13.2. The number of thiocarbonyl (C=S) groups is 1. The molecule has 0 radical (unpaired) electrons. The molecule has 0 aliphatic heterocycles. The summed E-state index contributed by atoms with van der Waals surface area (Å²) in [5.41, 5.74) is 7.19. The van der Waals surface area contributed by atoms with Gasteiger partial charge < -0.3 is 9.47 Å². The molecule has 3 N–H and O–H groups in total. The van der Waals surface area contributed by atoms with Crippen molar-refractivity contribution in [3.8, 4) is 11.5 Å². The lowest BCUT2D eigenvalue weighted by Crippen LogP contribution is -2.50. The Hall–Kier alpha value is -2.65. The summed E-state index contributed by atoms with van der Waals surface area (Å²) in [5, 5.41) is 2.38. The number of halogens is 1. The number of carbonyl (C=O) groups is 2. The second kappa shape index (κ2) is 11.8. The standard InChI is InChI=1S/C23H28BrN3O4S/c1-5-15-6-11-19(18(24)12-15)31-14-21(29)26-27-22(32)25-20(28)13-30-17-9-7-16(8-10-17)23(2,3)4/h6-12H,5,13-14H2,1-4H3,(H,26,29)(H2,25,27,28,32). The molecule has 2 rings (SSSR count). The van der Waals surface area contributed by atoms with Gasteiger partial charge in [0.05, 0.1) is 4.47 Å². The number of ether oxygens (including phenoxy) is 2. The largest absolute Gasteiger partial charge is 0.484 e. The van der Waals surface area contributed by atoms with Gasteiger partial charge in [-0.3, -0.25) is 25.8 Å². The minimum Gasteiger partial charge on any atom is -0.484 e. The van der Waals surface area contributed by atoms with Gasteiger partial charge in [-0.25, -0.2) is 0 Å². The third-order valence-electron chi connectivity index (χ3n) is 4.42. The molecule has 0 fully saturated rings. The van der Waals surface area contributed by atoms with Gasteiger partial charge in [0.25, 0.3) is 11.8 Å². The van der Waals surface area contributed by atoms with Gasteiger partial charge in [0.2, 0.25) is 0 Å². The van der Waals surface area contributed by atoms with E-state index in [1.807, 2.05) is 36.4 Å². The van der Waals surface area contributed by atoms with Crippen LogP contribution in [-0.2, 0) is 21.4 Å². The molecule has 0 aliphatic carbocycles. The van der Waals surface area contributed by atoms with Crippen molar-refractivity contribution in [3.05, 3.63) is 58.1 Å². The minimum absolute atomic E-state index is 0.0411. The molecule has 0 saturated carbocycles. The molecule has 9 heteroatoms. The van der Waals surface area contributed by atoms with Gasteiger partial charge in [-0.15, -0.1) is 0 Å². The number of rotatable bonds is 7. The van der Waals surface area contributed by atoms with Crippen LogP contribution in [0.1, 0.15) is 38.8 Å². The molecule has 2 aromatic rings. The van der Waals surface area contributed by atoms with E-state index in [4.69, 9.17) is 21.7 Å². The fourth-order valence-electron chi connectivity index (χ4n) is 2.58. The molecule has 0 unspecified atom stereocenters. The maximum absolute atomic E-state index is 12.0. The van der Waals surface area contributed by atoms with E-state index >= 15 is 0 Å². The second-order valence-electron chi connectivity index (χ2n) is 8.02. The smallest absolute Gasteiger partial charge is 0.276 e. The highest BCUT2D eigenvalue weighted by Crippen LogP contribution is 2.26. The van der Waals surface area contributed by atoms with Crippen molar-refractivity contribution in [2.24, 2.45) is 0 Å². The zero-order chi connectivity index (χ0) is 23.7. The number of carbonyl (C=O) groups excluding carboxylic acids is 2. The van der Waals surface area contributed by atoms with E-state index in [0.29, 0.717) is 11.5 Å². The predicted octanol–water partition coefficient (Wildman–Crippen LogP) is 3.79. The first-order chi connectivity index (χ1) is 15.1. The van der Waals surface area contributed by atoms with Crippen molar-refractivity contribution in [1.29, 1.82) is 0 Å². The Bertz CT molecular complexity index is 959. The number of nitrogens with one attached hydrogen (secondary N) is 3. The lowest BCUT2D eigenvalue weighted by atomic mass is 9.87. The molecule has 0 aliphatic rings. The zero-order valence-corrected chi connectivity index (χ0v) is 21.0. The van der Waals surface area contributed by atoms with E-state index in [1.54, 1.807) is 6.07 Å². The lowest BCUT2D eigenvalue weighted by Gasteiger charge is -2.19. The topological polar surface area (TPSA) is 88.7 Å². The van der Waals surface area contributed by atoms with E-state index in [1.165, 1.54) is 5.56 Å². The molecule has 0 spiro atoms. The number of hydrogen-bond donors (Lipinski definition) is 3. The van der Waals surface area contributed by atoms with Gasteiger partial charge in [0, 0.05) is 0 Å². The van der Waals surface area contributed by atoms with Crippen LogP contribution in [0.4, 0.5) is 0 Å². The SMILES string of the molecule is CCc1ccc(OCC(=O)NNC(=S)NC(=O)COc2ccc(C(C)(C)C)cc2)c(Br)c1. The summed E-state index contributed by atoms with van der Waals surface area (Å²) < 4.78 is 11.7. The van der Waals surface area contributed by atoms with Crippen LogP contribution in [0.25, 0.3) is 0 Å².